The zero-order valence-electron chi connectivity index (χ0n) is 13.3. The first-order valence-electron chi connectivity index (χ1n) is 7.46. The highest BCUT2D eigenvalue weighted by Crippen LogP contribution is 2.34. The molecule has 8 heteroatoms. The Morgan fingerprint density at radius 3 is 2.65 bits per heavy atom. The molecule has 0 radical (unpaired) electrons. The Hall–Kier alpha value is -2.35. The molecular weight excluding hydrogens is 302 g/mol. The van der Waals surface area contributed by atoms with Gasteiger partial charge in [-0.25, -0.2) is 0 Å². The molecule has 23 heavy (non-hydrogen) atoms. The average Bonchev–Trinajstić information content (AvgIpc) is 2.59. The summed E-state index contributed by atoms with van der Waals surface area (Å²) in [4.78, 5) is 23.0. The minimum atomic E-state index is -0.598. The van der Waals surface area contributed by atoms with Crippen molar-refractivity contribution in [3.8, 4) is 11.5 Å². The zero-order chi connectivity index (χ0) is 16.8. The Morgan fingerprint density at radius 1 is 1.39 bits per heavy atom. The van der Waals surface area contributed by atoms with Crippen molar-refractivity contribution in [2.75, 3.05) is 33.9 Å². The maximum absolute atomic E-state index is 12.3. The SMILES string of the molecule is COc1cc(C(=O)NCC2CCCNC2)c([N+](=O)[O-])cc1OC. The van der Waals surface area contributed by atoms with Crippen molar-refractivity contribution in [3.63, 3.8) is 0 Å². The first-order valence-corrected chi connectivity index (χ1v) is 7.46. The first kappa shape index (κ1) is 17.0. The van der Waals surface area contributed by atoms with Crippen molar-refractivity contribution < 1.29 is 19.2 Å². The number of benzene rings is 1. The third-order valence-electron chi connectivity index (χ3n) is 3.89. The molecule has 1 saturated heterocycles. The molecule has 2 rings (SSSR count). The van der Waals surface area contributed by atoms with Gasteiger partial charge in [0.1, 0.15) is 5.56 Å². The quantitative estimate of drug-likeness (QED) is 0.605. The summed E-state index contributed by atoms with van der Waals surface area (Å²) in [5.74, 6) is 0.352. The van der Waals surface area contributed by atoms with Crippen LogP contribution >= 0.6 is 0 Å². The molecule has 1 aliphatic heterocycles. The number of ether oxygens (including phenoxy) is 2. The van der Waals surface area contributed by atoms with Crippen LogP contribution in [0.4, 0.5) is 5.69 Å². The number of carbonyl (C=O) groups is 1. The van der Waals surface area contributed by atoms with Crippen LogP contribution in [0.15, 0.2) is 12.1 Å². The molecule has 0 bridgehead atoms. The number of piperidine rings is 1. The monoisotopic (exact) mass is 323 g/mol. The van der Waals surface area contributed by atoms with E-state index in [9.17, 15) is 14.9 Å². The number of rotatable bonds is 6. The summed E-state index contributed by atoms with van der Waals surface area (Å²) in [5.41, 5.74) is -0.335. The van der Waals surface area contributed by atoms with Gasteiger partial charge in [0.25, 0.3) is 11.6 Å². The summed E-state index contributed by atoms with van der Waals surface area (Å²) in [5, 5.41) is 17.3. The van der Waals surface area contributed by atoms with E-state index in [0.717, 1.165) is 25.9 Å². The normalized spacial score (nSPS) is 17.4. The van der Waals surface area contributed by atoms with Crippen molar-refractivity contribution >= 4 is 11.6 Å². The predicted molar refractivity (Wildman–Crippen MR) is 84.1 cm³/mol. The number of nitrogens with one attached hydrogen (secondary N) is 2. The highest BCUT2D eigenvalue weighted by atomic mass is 16.6. The third-order valence-corrected chi connectivity index (χ3v) is 3.89. The van der Waals surface area contributed by atoms with Crippen molar-refractivity contribution in [1.29, 1.82) is 0 Å². The lowest BCUT2D eigenvalue weighted by Crippen LogP contribution is -2.38. The molecule has 0 spiro atoms. The van der Waals surface area contributed by atoms with E-state index in [1.165, 1.54) is 26.4 Å². The van der Waals surface area contributed by atoms with E-state index < -0.39 is 10.8 Å². The fourth-order valence-electron chi connectivity index (χ4n) is 2.63. The second kappa shape index (κ2) is 7.77. The van der Waals surface area contributed by atoms with E-state index in [2.05, 4.69) is 10.6 Å². The number of amides is 1. The highest BCUT2D eigenvalue weighted by Gasteiger charge is 2.25. The summed E-state index contributed by atoms with van der Waals surface area (Å²) in [6.45, 7) is 2.32. The van der Waals surface area contributed by atoms with Crippen molar-refractivity contribution in [2.45, 2.75) is 12.8 Å². The minimum Gasteiger partial charge on any atom is -0.493 e. The van der Waals surface area contributed by atoms with Crippen LogP contribution in [0.25, 0.3) is 0 Å². The van der Waals surface area contributed by atoms with E-state index in [1.54, 1.807) is 0 Å². The molecule has 1 aromatic rings. The van der Waals surface area contributed by atoms with Crippen LogP contribution in [0, 0.1) is 16.0 Å². The molecule has 1 heterocycles. The van der Waals surface area contributed by atoms with Crippen LogP contribution in [-0.4, -0.2) is 44.7 Å². The maximum atomic E-state index is 12.3. The average molecular weight is 323 g/mol. The maximum Gasteiger partial charge on any atom is 0.286 e. The number of methoxy groups -OCH3 is 2. The number of hydrogen-bond acceptors (Lipinski definition) is 6. The second-order valence-corrected chi connectivity index (χ2v) is 5.40. The summed E-state index contributed by atoms with van der Waals surface area (Å²) >= 11 is 0. The van der Waals surface area contributed by atoms with Crippen LogP contribution in [0.1, 0.15) is 23.2 Å². The van der Waals surface area contributed by atoms with Crippen LogP contribution < -0.4 is 20.1 Å². The van der Waals surface area contributed by atoms with E-state index >= 15 is 0 Å². The Labute approximate surface area is 134 Å². The molecule has 126 valence electrons. The van der Waals surface area contributed by atoms with Gasteiger partial charge in [-0.3, -0.25) is 14.9 Å². The van der Waals surface area contributed by atoms with Crippen molar-refractivity contribution in [2.24, 2.45) is 5.92 Å². The molecule has 0 aliphatic carbocycles. The molecule has 1 unspecified atom stereocenters. The van der Waals surface area contributed by atoms with Crippen LogP contribution in [0.2, 0.25) is 0 Å². The van der Waals surface area contributed by atoms with Gasteiger partial charge in [0, 0.05) is 12.6 Å². The number of nitrogens with zero attached hydrogens (tertiary/aromatic N) is 1. The molecule has 0 saturated carbocycles. The number of carbonyl (C=O) groups excluding carboxylic acids is 1. The lowest BCUT2D eigenvalue weighted by atomic mass is 9.99. The van der Waals surface area contributed by atoms with E-state index in [1.807, 2.05) is 0 Å². The number of nitro groups is 1. The van der Waals surface area contributed by atoms with E-state index in [0.29, 0.717) is 12.5 Å². The molecule has 2 N–H and O–H groups in total. The van der Waals surface area contributed by atoms with E-state index in [4.69, 9.17) is 9.47 Å². The highest BCUT2D eigenvalue weighted by molar-refractivity contribution is 5.99. The Kier molecular flexibility index (Phi) is 5.75. The predicted octanol–water partition coefficient (Wildman–Crippen LogP) is 1.34. The summed E-state index contributed by atoms with van der Waals surface area (Å²) < 4.78 is 10.2. The van der Waals surface area contributed by atoms with Gasteiger partial charge < -0.3 is 20.1 Å². The van der Waals surface area contributed by atoms with Crippen LogP contribution in [-0.2, 0) is 0 Å². The Morgan fingerprint density at radius 2 is 2.09 bits per heavy atom. The minimum absolute atomic E-state index is 0.0311. The summed E-state index contributed by atoms with van der Waals surface area (Å²) in [7, 11) is 2.80. The molecular formula is C15H21N3O5. The third kappa shape index (κ3) is 4.10. The van der Waals surface area contributed by atoms with Gasteiger partial charge in [0.2, 0.25) is 0 Å². The second-order valence-electron chi connectivity index (χ2n) is 5.40. The zero-order valence-corrected chi connectivity index (χ0v) is 13.3. The van der Waals surface area contributed by atoms with Gasteiger partial charge in [-0.05, 0) is 31.8 Å². The fraction of sp³-hybridized carbons (Fsp3) is 0.533. The summed E-state index contributed by atoms with van der Waals surface area (Å²) in [6, 6.07) is 2.54. The van der Waals surface area contributed by atoms with Gasteiger partial charge in [0.15, 0.2) is 11.5 Å². The Bertz CT molecular complexity index is 585. The topological polar surface area (TPSA) is 103 Å². The van der Waals surface area contributed by atoms with Gasteiger partial charge in [-0.1, -0.05) is 0 Å². The molecule has 1 amide bonds. The van der Waals surface area contributed by atoms with Crippen LogP contribution in [0.5, 0.6) is 11.5 Å². The summed E-state index contributed by atoms with van der Waals surface area (Å²) in [6.07, 6.45) is 2.10. The molecule has 1 atom stereocenters. The first-order chi connectivity index (χ1) is 11.1. The molecule has 1 aromatic carbocycles. The molecule has 1 aliphatic rings. The number of hydrogen-bond donors (Lipinski definition) is 2. The van der Waals surface area contributed by atoms with Gasteiger partial charge in [0.05, 0.1) is 25.2 Å². The Balaban J connectivity index is 2.18. The van der Waals surface area contributed by atoms with E-state index in [-0.39, 0.29) is 22.7 Å². The van der Waals surface area contributed by atoms with Gasteiger partial charge in [-0.2, -0.15) is 0 Å². The largest absolute Gasteiger partial charge is 0.493 e. The number of nitro benzene ring substituents is 1. The fourth-order valence-corrected chi connectivity index (χ4v) is 2.63. The van der Waals surface area contributed by atoms with Gasteiger partial charge in [-0.15, -0.1) is 0 Å². The van der Waals surface area contributed by atoms with Crippen molar-refractivity contribution in [3.05, 3.63) is 27.8 Å². The molecule has 1 fully saturated rings. The smallest absolute Gasteiger partial charge is 0.286 e. The molecule has 8 nitrogen and oxygen atoms in total. The lowest BCUT2D eigenvalue weighted by Gasteiger charge is -2.22. The molecule has 0 aromatic heterocycles. The van der Waals surface area contributed by atoms with Crippen molar-refractivity contribution in [1.82, 2.24) is 10.6 Å². The van der Waals surface area contributed by atoms with Crippen LogP contribution in [0.3, 0.4) is 0 Å². The van der Waals surface area contributed by atoms with Gasteiger partial charge >= 0.3 is 0 Å². The lowest BCUT2D eigenvalue weighted by molar-refractivity contribution is -0.385. The standard InChI is InChI=1S/C15H21N3O5/c1-22-13-6-11(12(18(20)21)7-14(13)23-2)15(19)17-9-10-4-3-5-16-8-10/h6-7,10,16H,3-5,8-9H2,1-2H3,(H,17,19).